The van der Waals surface area contributed by atoms with Crippen LogP contribution in [0.4, 0.5) is 11.4 Å². The molecule has 3 aromatic rings. The average molecular weight is 500 g/mol. The SMILES string of the molecule is Cc1ccccc1N(CC(=O)Nc1ccccc1C(=O)NC(C)C)S(=O)(=O)c1ccc(Cl)cc1. The molecule has 0 aliphatic carbocycles. The third-order valence-electron chi connectivity index (χ3n) is 4.94. The van der Waals surface area contributed by atoms with Crippen molar-refractivity contribution in [2.75, 3.05) is 16.2 Å². The molecule has 0 fully saturated rings. The zero-order valence-corrected chi connectivity index (χ0v) is 20.7. The normalized spacial score (nSPS) is 11.2. The topological polar surface area (TPSA) is 95.6 Å². The first-order valence-electron chi connectivity index (χ1n) is 10.6. The highest BCUT2D eigenvalue weighted by Crippen LogP contribution is 2.27. The summed E-state index contributed by atoms with van der Waals surface area (Å²) in [5, 5.41) is 5.88. The van der Waals surface area contributed by atoms with Gasteiger partial charge in [-0.1, -0.05) is 41.9 Å². The van der Waals surface area contributed by atoms with Gasteiger partial charge in [-0.2, -0.15) is 0 Å². The molecule has 9 heteroatoms. The van der Waals surface area contributed by atoms with Gasteiger partial charge in [-0.25, -0.2) is 8.42 Å². The highest BCUT2D eigenvalue weighted by molar-refractivity contribution is 7.92. The van der Waals surface area contributed by atoms with Crippen molar-refractivity contribution in [2.24, 2.45) is 0 Å². The molecular weight excluding hydrogens is 474 g/mol. The number of anilines is 2. The highest BCUT2D eigenvalue weighted by Gasteiger charge is 2.28. The van der Waals surface area contributed by atoms with E-state index >= 15 is 0 Å². The third kappa shape index (κ3) is 5.95. The van der Waals surface area contributed by atoms with Crippen LogP contribution in [-0.4, -0.2) is 32.8 Å². The molecule has 7 nitrogen and oxygen atoms in total. The van der Waals surface area contributed by atoms with Crippen LogP contribution < -0.4 is 14.9 Å². The fourth-order valence-electron chi connectivity index (χ4n) is 3.33. The first-order valence-corrected chi connectivity index (χ1v) is 12.4. The van der Waals surface area contributed by atoms with E-state index in [-0.39, 0.29) is 22.4 Å². The molecule has 0 atom stereocenters. The average Bonchev–Trinajstić information content (AvgIpc) is 2.78. The zero-order valence-electron chi connectivity index (χ0n) is 19.1. The number of nitrogens with one attached hydrogen (secondary N) is 2. The van der Waals surface area contributed by atoms with Gasteiger partial charge in [0.2, 0.25) is 5.91 Å². The number of sulfonamides is 1. The van der Waals surface area contributed by atoms with Gasteiger partial charge in [0.05, 0.1) is 21.8 Å². The van der Waals surface area contributed by atoms with Crippen molar-refractivity contribution in [2.45, 2.75) is 31.7 Å². The van der Waals surface area contributed by atoms with Crippen LogP contribution in [0, 0.1) is 6.92 Å². The second-order valence-electron chi connectivity index (χ2n) is 7.97. The second-order valence-corrected chi connectivity index (χ2v) is 10.3. The maximum absolute atomic E-state index is 13.5. The Morgan fingerprint density at radius 3 is 2.21 bits per heavy atom. The summed E-state index contributed by atoms with van der Waals surface area (Å²) in [7, 11) is -4.09. The van der Waals surface area contributed by atoms with E-state index in [4.69, 9.17) is 11.6 Å². The molecule has 0 unspecified atom stereocenters. The van der Waals surface area contributed by atoms with Crippen LogP contribution in [0.15, 0.2) is 77.7 Å². The summed E-state index contributed by atoms with van der Waals surface area (Å²) in [6.07, 6.45) is 0. The number of benzene rings is 3. The molecule has 2 amide bonds. The quantitative estimate of drug-likeness (QED) is 0.472. The fourth-order valence-corrected chi connectivity index (χ4v) is 4.94. The van der Waals surface area contributed by atoms with Crippen molar-refractivity contribution >= 4 is 44.8 Å². The number of carbonyl (C=O) groups is 2. The van der Waals surface area contributed by atoms with Crippen molar-refractivity contribution in [3.05, 3.63) is 88.9 Å². The van der Waals surface area contributed by atoms with E-state index in [0.29, 0.717) is 22.0 Å². The molecular formula is C25H26ClN3O4S. The van der Waals surface area contributed by atoms with Gasteiger partial charge in [0, 0.05) is 11.1 Å². The van der Waals surface area contributed by atoms with E-state index in [9.17, 15) is 18.0 Å². The summed E-state index contributed by atoms with van der Waals surface area (Å²) >= 11 is 5.92. The standard InChI is InChI=1S/C25H26ClN3O4S/c1-17(2)27-25(31)21-9-5-6-10-22(21)28-24(30)16-29(23-11-7-4-8-18(23)3)34(32,33)20-14-12-19(26)13-15-20/h4-15,17H,16H2,1-3H3,(H,27,31)(H,28,30). The minimum Gasteiger partial charge on any atom is -0.350 e. The van der Waals surface area contributed by atoms with Gasteiger partial charge in [-0.05, 0) is 68.8 Å². The van der Waals surface area contributed by atoms with Crippen molar-refractivity contribution in [3.63, 3.8) is 0 Å². The summed E-state index contributed by atoms with van der Waals surface area (Å²) in [5.74, 6) is -0.930. The molecule has 0 radical (unpaired) electrons. The van der Waals surface area contributed by atoms with E-state index in [1.165, 1.54) is 24.3 Å². The Bertz CT molecular complexity index is 1290. The largest absolute Gasteiger partial charge is 0.350 e. The highest BCUT2D eigenvalue weighted by atomic mass is 35.5. The predicted octanol–water partition coefficient (Wildman–Crippen LogP) is 4.62. The molecule has 0 bridgehead atoms. The molecule has 0 saturated heterocycles. The first-order chi connectivity index (χ1) is 16.1. The second kappa shape index (κ2) is 10.7. The lowest BCUT2D eigenvalue weighted by Gasteiger charge is -2.26. The zero-order chi connectivity index (χ0) is 24.9. The van der Waals surface area contributed by atoms with Gasteiger partial charge in [0.15, 0.2) is 0 Å². The van der Waals surface area contributed by atoms with Gasteiger partial charge < -0.3 is 10.6 Å². The molecule has 2 N–H and O–H groups in total. The number of hydrogen-bond donors (Lipinski definition) is 2. The van der Waals surface area contributed by atoms with Crippen molar-refractivity contribution in [1.29, 1.82) is 0 Å². The van der Waals surface area contributed by atoms with Crippen molar-refractivity contribution in [3.8, 4) is 0 Å². The molecule has 0 spiro atoms. The summed E-state index contributed by atoms with van der Waals surface area (Å²) in [6.45, 7) is 4.95. The summed E-state index contributed by atoms with van der Waals surface area (Å²) in [5.41, 5.74) is 1.63. The molecule has 34 heavy (non-hydrogen) atoms. The van der Waals surface area contributed by atoms with Crippen molar-refractivity contribution in [1.82, 2.24) is 5.32 Å². The van der Waals surface area contributed by atoms with Gasteiger partial charge in [-0.3, -0.25) is 13.9 Å². The Kier molecular flexibility index (Phi) is 7.96. The maximum atomic E-state index is 13.5. The predicted molar refractivity (Wildman–Crippen MR) is 135 cm³/mol. The molecule has 0 saturated carbocycles. The Morgan fingerprint density at radius 1 is 0.941 bits per heavy atom. The van der Waals surface area contributed by atoms with Crippen LogP contribution in [0.3, 0.4) is 0 Å². The van der Waals surface area contributed by atoms with Gasteiger partial charge in [0.25, 0.3) is 15.9 Å². The van der Waals surface area contributed by atoms with Gasteiger partial charge in [-0.15, -0.1) is 0 Å². The summed E-state index contributed by atoms with van der Waals surface area (Å²) in [4.78, 5) is 25.6. The minimum absolute atomic E-state index is 0.00432. The van der Waals surface area contributed by atoms with Crippen molar-refractivity contribution < 1.29 is 18.0 Å². The smallest absolute Gasteiger partial charge is 0.264 e. The minimum atomic E-state index is -4.09. The lowest BCUT2D eigenvalue weighted by Crippen LogP contribution is -2.39. The van der Waals surface area contributed by atoms with Crippen LogP contribution in [0.25, 0.3) is 0 Å². The fraction of sp³-hybridized carbons (Fsp3) is 0.200. The Hall–Kier alpha value is -3.36. The number of amides is 2. The number of nitrogens with zero attached hydrogens (tertiary/aromatic N) is 1. The van der Waals surface area contributed by atoms with Gasteiger partial charge >= 0.3 is 0 Å². The number of halogens is 1. The lowest BCUT2D eigenvalue weighted by atomic mass is 10.1. The van der Waals surface area contributed by atoms with E-state index in [1.807, 2.05) is 13.8 Å². The van der Waals surface area contributed by atoms with E-state index in [0.717, 1.165) is 4.31 Å². The number of carbonyl (C=O) groups excluding carboxylic acids is 2. The van der Waals surface area contributed by atoms with Crippen LogP contribution in [-0.2, 0) is 14.8 Å². The van der Waals surface area contributed by atoms with E-state index in [1.54, 1.807) is 55.5 Å². The van der Waals surface area contributed by atoms with Crippen LogP contribution in [0.5, 0.6) is 0 Å². The molecule has 0 aliphatic rings. The molecule has 3 aromatic carbocycles. The number of rotatable bonds is 8. The van der Waals surface area contributed by atoms with Crippen LogP contribution in [0.1, 0.15) is 29.8 Å². The summed E-state index contributed by atoms with van der Waals surface area (Å²) < 4.78 is 28.1. The Morgan fingerprint density at radius 2 is 1.56 bits per heavy atom. The first kappa shape index (κ1) is 25.3. The van der Waals surface area contributed by atoms with Gasteiger partial charge in [0.1, 0.15) is 6.54 Å². The number of aryl methyl sites for hydroxylation is 1. The molecule has 0 aromatic heterocycles. The molecule has 3 rings (SSSR count). The maximum Gasteiger partial charge on any atom is 0.264 e. The van der Waals surface area contributed by atoms with Crippen LogP contribution in [0.2, 0.25) is 5.02 Å². The van der Waals surface area contributed by atoms with E-state index < -0.39 is 22.5 Å². The lowest BCUT2D eigenvalue weighted by molar-refractivity contribution is -0.114. The Labute approximate surface area is 204 Å². The molecule has 0 aliphatic heterocycles. The molecule has 178 valence electrons. The van der Waals surface area contributed by atoms with E-state index in [2.05, 4.69) is 10.6 Å². The monoisotopic (exact) mass is 499 g/mol. The third-order valence-corrected chi connectivity index (χ3v) is 6.96. The molecule has 0 heterocycles. The Balaban J connectivity index is 1.94. The number of para-hydroxylation sites is 2. The van der Waals surface area contributed by atoms with Crippen LogP contribution >= 0.6 is 11.6 Å². The number of hydrogen-bond acceptors (Lipinski definition) is 4. The summed E-state index contributed by atoms with van der Waals surface area (Å²) in [6, 6.07) is 19.1.